The zero-order valence-corrected chi connectivity index (χ0v) is 16.0. The molecule has 1 saturated heterocycles. The van der Waals surface area contributed by atoms with Crippen molar-refractivity contribution in [3.8, 4) is 0 Å². The Morgan fingerprint density at radius 2 is 1.62 bits per heavy atom. The van der Waals surface area contributed by atoms with E-state index in [0.29, 0.717) is 35.7 Å². The summed E-state index contributed by atoms with van der Waals surface area (Å²) in [4.78, 5) is 1.39. The van der Waals surface area contributed by atoms with E-state index in [1.54, 1.807) is 12.1 Å². The third-order valence-corrected chi connectivity index (χ3v) is 6.68. The van der Waals surface area contributed by atoms with Crippen LogP contribution in [0.5, 0.6) is 0 Å². The standard InChI is InChI=1S/C17H16BrF3N2O2S/c18-13-2-1-12(15(20)9-13)11-22-5-7-23(8-6-22)26(24,25)17-4-3-14(19)10-16(17)21/h1-4,9-10H,5-8,11H2. The van der Waals surface area contributed by atoms with Crippen LogP contribution in [0.15, 0.2) is 45.8 Å². The maximum absolute atomic E-state index is 13.9. The van der Waals surface area contributed by atoms with E-state index in [9.17, 15) is 21.6 Å². The lowest BCUT2D eigenvalue weighted by Gasteiger charge is -2.34. The van der Waals surface area contributed by atoms with Crippen LogP contribution in [-0.4, -0.2) is 43.8 Å². The summed E-state index contributed by atoms with van der Waals surface area (Å²) in [6.07, 6.45) is 0. The predicted molar refractivity (Wildman–Crippen MR) is 94.5 cm³/mol. The number of nitrogens with zero attached hydrogens (tertiary/aromatic N) is 2. The summed E-state index contributed by atoms with van der Waals surface area (Å²) in [6.45, 7) is 1.43. The zero-order chi connectivity index (χ0) is 18.9. The number of piperazine rings is 1. The molecule has 3 rings (SSSR count). The second kappa shape index (κ2) is 7.67. The molecular weight excluding hydrogens is 433 g/mol. The first-order valence-corrected chi connectivity index (χ1v) is 10.1. The van der Waals surface area contributed by atoms with Crippen LogP contribution in [0, 0.1) is 17.5 Å². The van der Waals surface area contributed by atoms with Gasteiger partial charge in [0.2, 0.25) is 10.0 Å². The van der Waals surface area contributed by atoms with Crippen LogP contribution in [0.4, 0.5) is 13.2 Å². The molecule has 1 aliphatic heterocycles. The molecule has 0 atom stereocenters. The highest BCUT2D eigenvalue weighted by Crippen LogP contribution is 2.22. The molecule has 2 aromatic rings. The zero-order valence-electron chi connectivity index (χ0n) is 13.6. The van der Waals surface area contributed by atoms with Crippen molar-refractivity contribution < 1.29 is 21.6 Å². The normalized spacial score (nSPS) is 16.8. The fraction of sp³-hybridized carbons (Fsp3) is 0.294. The number of benzene rings is 2. The van der Waals surface area contributed by atoms with Crippen molar-refractivity contribution in [2.24, 2.45) is 0 Å². The lowest BCUT2D eigenvalue weighted by Crippen LogP contribution is -2.48. The Bertz CT molecular complexity index is 916. The van der Waals surface area contributed by atoms with Crippen LogP contribution in [0.3, 0.4) is 0 Å². The summed E-state index contributed by atoms with van der Waals surface area (Å²) in [5.74, 6) is -2.27. The maximum Gasteiger partial charge on any atom is 0.246 e. The van der Waals surface area contributed by atoms with Gasteiger partial charge in [-0.1, -0.05) is 22.0 Å². The van der Waals surface area contributed by atoms with Gasteiger partial charge in [0.25, 0.3) is 0 Å². The molecule has 0 bridgehead atoms. The van der Waals surface area contributed by atoms with Crippen LogP contribution in [0.2, 0.25) is 0 Å². The lowest BCUT2D eigenvalue weighted by atomic mass is 10.2. The number of rotatable bonds is 4. The Labute approximate surface area is 158 Å². The molecule has 0 aliphatic carbocycles. The summed E-state index contributed by atoms with van der Waals surface area (Å²) >= 11 is 3.20. The Morgan fingerprint density at radius 1 is 0.923 bits per heavy atom. The van der Waals surface area contributed by atoms with E-state index in [1.807, 2.05) is 4.90 Å². The summed E-state index contributed by atoms with van der Waals surface area (Å²) in [5.41, 5.74) is 0.522. The van der Waals surface area contributed by atoms with Gasteiger partial charge in [0.15, 0.2) is 0 Å². The molecule has 0 unspecified atom stereocenters. The fourth-order valence-corrected chi connectivity index (χ4v) is 4.64. The third kappa shape index (κ3) is 4.11. The number of hydrogen-bond acceptors (Lipinski definition) is 3. The van der Waals surface area contributed by atoms with Crippen LogP contribution in [-0.2, 0) is 16.6 Å². The molecule has 140 valence electrons. The molecule has 4 nitrogen and oxygen atoms in total. The van der Waals surface area contributed by atoms with E-state index in [1.165, 1.54) is 6.07 Å². The first-order chi connectivity index (χ1) is 12.3. The van der Waals surface area contributed by atoms with Crippen molar-refractivity contribution >= 4 is 26.0 Å². The monoisotopic (exact) mass is 448 g/mol. The van der Waals surface area contributed by atoms with Gasteiger partial charge in [-0.25, -0.2) is 21.6 Å². The van der Waals surface area contributed by atoms with Crippen molar-refractivity contribution in [2.75, 3.05) is 26.2 Å². The molecule has 0 radical (unpaired) electrons. The highest BCUT2D eigenvalue weighted by atomic mass is 79.9. The molecule has 1 aliphatic rings. The number of halogens is 4. The Morgan fingerprint density at radius 3 is 2.23 bits per heavy atom. The van der Waals surface area contributed by atoms with Crippen LogP contribution >= 0.6 is 15.9 Å². The van der Waals surface area contributed by atoms with Gasteiger partial charge >= 0.3 is 0 Å². The van der Waals surface area contributed by atoms with E-state index < -0.39 is 26.6 Å². The summed E-state index contributed by atoms with van der Waals surface area (Å²) in [5, 5.41) is 0. The average molecular weight is 449 g/mol. The van der Waals surface area contributed by atoms with Crippen LogP contribution in [0.1, 0.15) is 5.56 Å². The van der Waals surface area contributed by atoms with Gasteiger partial charge in [0, 0.05) is 48.8 Å². The molecule has 0 spiro atoms. The van der Waals surface area contributed by atoms with Crippen molar-refractivity contribution in [1.29, 1.82) is 0 Å². The van der Waals surface area contributed by atoms with Crippen molar-refractivity contribution in [2.45, 2.75) is 11.4 Å². The van der Waals surface area contributed by atoms with Gasteiger partial charge in [-0.15, -0.1) is 0 Å². The fourth-order valence-electron chi connectivity index (χ4n) is 2.84. The Balaban J connectivity index is 1.67. The molecule has 2 aromatic carbocycles. The molecular formula is C17H16BrF3N2O2S. The molecule has 0 N–H and O–H groups in total. The quantitative estimate of drug-likeness (QED) is 0.719. The first kappa shape index (κ1) is 19.3. The molecule has 26 heavy (non-hydrogen) atoms. The van der Waals surface area contributed by atoms with Gasteiger partial charge in [-0.05, 0) is 24.3 Å². The molecule has 9 heteroatoms. The maximum atomic E-state index is 13.9. The molecule has 0 amide bonds. The van der Waals surface area contributed by atoms with Gasteiger partial charge < -0.3 is 0 Å². The van der Waals surface area contributed by atoms with Crippen LogP contribution in [0.25, 0.3) is 0 Å². The largest absolute Gasteiger partial charge is 0.296 e. The number of hydrogen-bond donors (Lipinski definition) is 0. The van der Waals surface area contributed by atoms with Gasteiger partial charge in [0.05, 0.1) is 0 Å². The first-order valence-electron chi connectivity index (χ1n) is 7.89. The summed E-state index contributed by atoms with van der Waals surface area (Å²) < 4.78 is 67.7. The van der Waals surface area contributed by atoms with Gasteiger partial charge in [-0.3, -0.25) is 4.90 Å². The number of sulfonamides is 1. The highest BCUT2D eigenvalue weighted by Gasteiger charge is 2.30. The summed E-state index contributed by atoms with van der Waals surface area (Å²) in [6, 6.07) is 7.21. The van der Waals surface area contributed by atoms with E-state index in [-0.39, 0.29) is 18.9 Å². The van der Waals surface area contributed by atoms with Crippen molar-refractivity contribution in [3.63, 3.8) is 0 Å². The van der Waals surface area contributed by atoms with Crippen LogP contribution < -0.4 is 0 Å². The second-order valence-electron chi connectivity index (χ2n) is 5.99. The molecule has 1 heterocycles. The Hall–Kier alpha value is -1.42. The van der Waals surface area contributed by atoms with Gasteiger partial charge in [0.1, 0.15) is 22.3 Å². The molecule has 0 saturated carbocycles. The smallest absolute Gasteiger partial charge is 0.246 e. The minimum absolute atomic E-state index is 0.150. The third-order valence-electron chi connectivity index (χ3n) is 4.25. The minimum Gasteiger partial charge on any atom is -0.296 e. The van der Waals surface area contributed by atoms with E-state index in [0.717, 1.165) is 16.4 Å². The molecule has 0 aromatic heterocycles. The lowest BCUT2D eigenvalue weighted by molar-refractivity contribution is 0.179. The second-order valence-corrected chi connectivity index (χ2v) is 8.81. The predicted octanol–water partition coefficient (Wildman–Crippen LogP) is 3.37. The Kier molecular flexibility index (Phi) is 5.71. The van der Waals surface area contributed by atoms with E-state index in [4.69, 9.17) is 0 Å². The van der Waals surface area contributed by atoms with E-state index >= 15 is 0 Å². The van der Waals surface area contributed by atoms with Crippen molar-refractivity contribution in [3.05, 3.63) is 63.9 Å². The summed E-state index contributed by atoms with van der Waals surface area (Å²) in [7, 11) is -4.03. The topological polar surface area (TPSA) is 40.6 Å². The SMILES string of the molecule is O=S(=O)(c1ccc(F)cc1F)N1CCN(Cc2ccc(Br)cc2F)CC1. The van der Waals surface area contributed by atoms with Crippen molar-refractivity contribution in [1.82, 2.24) is 9.21 Å². The van der Waals surface area contributed by atoms with E-state index in [2.05, 4.69) is 15.9 Å². The van der Waals surface area contributed by atoms with Gasteiger partial charge in [-0.2, -0.15) is 4.31 Å². The average Bonchev–Trinajstić information content (AvgIpc) is 2.57. The molecule has 1 fully saturated rings. The highest BCUT2D eigenvalue weighted by molar-refractivity contribution is 9.10. The minimum atomic E-state index is -4.03.